The number of aryl methyl sites for hydroxylation is 1. The summed E-state index contributed by atoms with van der Waals surface area (Å²) in [6.07, 6.45) is 0. The Kier molecular flexibility index (Phi) is 2.90. The Hall–Kier alpha value is -1.81. The summed E-state index contributed by atoms with van der Waals surface area (Å²) in [5, 5.41) is 2.83. The Morgan fingerprint density at radius 1 is 1.29 bits per heavy atom. The molecular formula is C13H17N3O. The van der Waals surface area contributed by atoms with E-state index < -0.39 is 0 Å². The van der Waals surface area contributed by atoms with E-state index in [4.69, 9.17) is 5.73 Å². The molecule has 90 valence electrons. The maximum absolute atomic E-state index is 11.7. The second-order valence-corrected chi connectivity index (χ2v) is 4.26. The van der Waals surface area contributed by atoms with E-state index in [9.17, 15) is 4.79 Å². The highest BCUT2D eigenvalue weighted by Crippen LogP contribution is 2.18. The standard InChI is InChI=1S/C13H17N3O/c1-8-5-4-6-12(9(8)2)16-10(3)11(7-14)13(17)15-16/h4-6H,7,14H2,1-3H3,(H,15,17). The highest BCUT2D eigenvalue weighted by atomic mass is 16.1. The largest absolute Gasteiger partial charge is 0.326 e. The summed E-state index contributed by atoms with van der Waals surface area (Å²) in [7, 11) is 0. The molecule has 0 spiro atoms. The van der Waals surface area contributed by atoms with Gasteiger partial charge in [-0.1, -0.05) is 12.1 Å². The predicted octanol–water partition coefficient (Wildman–Crippen LogP) is 1.55. The van der Waals surface area contributed by atoms with Crippen molar-refractivity contribution < 1.29 is 0 Å². The molecule has 2 aromatic rings. The van der Waals surface area contributed by atoms with E-state index >= 15 is 0 Å². The maximum Gasteiger partial charge on any atom is 0.269 e. The number of aromatic amines is 1. The van der Waals surface area contributed by atoms with Crippen molar-refractivity contribution in [2.24, 2.45) is 5.73 Å². The molecule has 0 fully saturated rings. The normalized spacial score (nSPS) is 10.8. The third-order valence-electron chi connectivity index (χ3n) is 3.28. The Labute approximate surface area is 100 Å². The van der Waals surface area contributed by atoms with Crippen LogP contribution in [0.25, 0.3) is 5.69 Å². The van der Waals surface area contributed by atoms with Gasteiger partial charge in [0.2, 0.25) is 0 Å². The molecule has 0 aliphatic carbocycles. The first-order valence-electron chi connectivity index (χ1n) is 5.63. The van der Waals surface area contributed by atoms with Crippen molar-refractivity contribution >= 4 is 0 Å². The van der Waals surface area contributed by atoms with Gasteiger partial charge in [0.1, 0.15) is 0 Å². The third-order valence-corrected chi connectivity index (χ3v) is 3.28. The van der Waals surface area contributed by atoms with Gasteiger partial charge < -0.3 is 5.73 Å². The Morgan fingerprint density at radius 3 is 2.59 bits per heavy atom. The van der Waals surface area contributed by atoms with Crippen LogP contribution in [0.4, 0.5) is 0 Å². The van der Waals surface area contributed by atoms with Crippen LogP contribution in [0.2, 0.25) is 0 Å². The fraction of sp³-hybridized carbons (Fsp3) is 0.308. The van der Waals surface area contributed by atoms with Crippen LogP contribution in [0.15, 0.2) is 23.0 Å². The fourth-order valence-corrected chi connectivity index (χ4v) is 2.01. The lowest BCUT2D eigenvalue weighted by atomic mass is 10.1. The molecule has 0 radical (unpaired) electrons. The van der Waals surface area contributed by atoms with Crippen LogP contribution in [-0.2, 0) is 6.54 Å². The van der Waals surface area contributed by atoms with Crippen LogP contribution in [0.5, 0.6) is 0 Å². The lowest BCUT2D eigenvalue weighted by Gasteiger charge is -2.11. The smallest absolute Gasteiger partial charge is 0.269 e. The van der Waals surface area contributed by atoms with E-state index in [1.807, 2.05) is 30.7 Å². The number of nitrogens with two attached hydrogens (primary N) is 1. The minimum absolute atomic E-state index is 0.106. The molecule has 1 heterocycles. The van der Waals surface area contributed by atoms with Gasteiger partial charge >= 0.3 is 0 Å². The highest BCUT2D eigenvalue weighted by Gasteiger charge is 2.12. The van der Waals surface area contributed by atoms with E-state index in [-0.39, 0.29) is 12.1 Å². The summed E-state index contributed by atoms with van der Waals surface area (Å²) >= 11 is 0. The van der Waals surface area contributed by atoms with Crippen LogP contribution in [0.1, 0.15) is 22.4 Å². The Balaban J connectivity index is 2.69. The van der Waals surface area contributed by atoms with Crippen molar-refractivity contribution in [1.29, 1.82) is 0 Å². The van der Waals surface area contributed by atoms with Crippen LogP contribution in [0, 0.1) is 20.8 Å². The molecular weight excluding hydrogens is 214 g/mol. The second kappa shape index (κ2) is 4.22. The third kappa shape index (κ3) is 1.80. The molecule has 0 aliphatic heterocycles. The van der Waals surface area contributed by atoms with Gasteiger partial charge in [-0.25, -0.2) is 0 Å². The summed E-state index contributed by atoms with van der Waals surface area (Å²) in [6.45, 7) is 6.27. The quantitative estimate of drug-likeness (QED) is 0.823. The number of hydrogen-bond acceptors (Lipinski definition) is 2. The van der Waals surface area contributed by atoms with E-state index in [1.165, 1.54) is 5.56 Å². The molecule has 0 saturated carbocycles. The maximum atomic E-state index is 11.7. The summed E-state index contributed by atoms with van der Waals surface area (Å²) in [4.78, 5) is 11.7. The molecule has 0 unspecified atom stereocenters. The topological polar surface area (TPSA) is 63.8 Å². The second-order valence-electron chi connectivity index (χ2n) is 4.26. The molecule has 3 N–H and O–H groups in total. The van der Waals surface area contributed by atoms with Crippen molar-refractivity contribution in [2.75, 3.05) is 0 Å². The number of nitrogens with zero attached hydrogens (tertiary/aromatic N) is 1. The average Bonchev–Trinajstić information content (AvgIpc) is 2.58. The fourth-order valence-electron chi connectivity index (χ4n) is 2.01. The van der Waals surface area contributed by atoms with Gasteiger partial charge in [0.05, 0.1) is 11.3 Å². The van der Waals surface area contributed by atoms with Gasteiger partial charge in [0, 0.05) is 12.2 Å². The molecule has 1 aromatic heterocycles. The van der Waals surface area contributed by atoms with Crippen molar-refractivity contribution in [3.63, 3.8) is 0 Å². The SMILES string of the molecule is Cc1cccc(-n2[nH]c(=O)c(CN)c2C)c1C. The first-order valence-corrected chi connectivity index (χ1v) is 5.63. The molecule has 17 heavy (non-hydrogen) atoms. The van der Waals surface area contributed by atoms with E-state index in [0.29, 0.717) is 5.56 Å². The van der Waals surface area contributed by atoms with Gasteiger partial charge in [-0.2, -0.15) is 0 Å². The first-order chi connectivity index (χ1) is 8.06. The van der Waals surface area contributed by atoms with Crippen molar-refractivity contribution in [3.05, 3.63) is 50.9 Å². The van der Waals surface area contributed by atoms with Gasteiger partial charge in [-0.3, -0.25) is 14.6 Å². The number of rotatable bonds is 2. The Bertz CT molecular complexity index is 608. The van der Waals surface area contributed by atoms with Crippen LogP contribution in [-0.4, -0.2) is 9.78 Å². The number of benzene rings is 1. The molecule has 0 aliphatic rings. The van der Waals surface area contributed by atoms with Gasteiger partial charge in [0.15, 0.2) is 0 Å². The Morgan fingerprint density at radius 2 is 2.00 bits per heavy atom. The van der Waals surface area contributed by atoms with Gasteiger partial charge in [0.25, 0.3) is 5.56 Å². The predicted molar refractivity (Wildman–Crippen MR) is 68.5 cm³/mol. The molecule has 0 atom stereocenters. The van der Waals surface area contributed by atoms with Crippen LogP contribution in [0.3, 0.4) is 0 Å². The molecule has 4 heteroatoms. The average molecular weight is 231 g/mol. The monoisotopic (exact) mass is 231 g/mol. The number of nitrogens with one attached hydrogen (secondary N) is 1. The molecule has 1 aromatic carbocycles. The van der Waals surface area contributed by atoms with Crippen molar-refractivity contribution in [1.82, 2.24) is 9.78 Å². The zero-order valence-corrected chi connectivity index (χ0v) is 10.4. The van der Waals surface area contributed by atoms with E-state index in [0.717, 1.165) is 16.9 Å². The van der Waals surface area contributed by atoms with Crippen LogP contribution >= 0.6 is 0 Å². The molecule has 0 bridgehead atoms. The first kappa shape index (κ1) is 11.7. The molecule has 0 amide bonds. The molecule has 2 rings (SSSR count). The number of H-pyrrole nitrogens is 1. The number of aromatic nitrogens is 2. The zero-order chi connectivity index (χ0) is 12.6. The van der Waals surface area contributed by atoms with E-state index in [1.54, 1.807) is 0 Å². The number of hydrogen-bond donors (Lipinski definition) is 2. The molecule has 4 nitrogen and oxygen atoms in total. The minimum atomic E-state index is -0.106. The lowest BCUT2D eigenvalue weighted by Crippen LogP contribution is -2.11. The van der Waals surface area contributed by atoms with Crippen LogP contribution < -0.4 is 11.3 Å². The van der Waals surface area contributed by atoms with Crippen molar-refractivity contribution in [2.45, 2.75) is 27.3 Å². The molecule has 0 saturated heterocycles. The summed E-state index contributed by atoms with van der Waals surface area (Å²) in [5.41, 5.74) is 10.4. The summed E-state index contributed by atoms with van der Waals surface area (Å²) in [6, 6.07) is 6.03. The highest BCUT2D eigenvalue weighted by molar-refractivity contribution is 5.45. The zero-order valence-electron chi connectivity index (χ0n) is 10.4. The van der Waals surface area contributed by atoms with E-state index in [2.05, 4.69) is 18.1 Å². The lowest BCUT2D eigenvalue weighted by molar-refractivity contribution is 0.825. The van der Waals surface area contributed by atoms with Gasteiger partial charge in [-0.05, 0) is 38.0 Å². The van der Waals surface area contributed by atoms with Gasteiger partial charge in [-0.15, -0.1) is 0 Å². The summed E-state index contributed by atoms with van der Waals surface area (Å²) in [5.74, 6) is 0. The van der Waals surface area contributed by atoms with Crippen molar-refractivity contribution in [3.8, 4) is 5.69 Å². The summed E-state index contributed by atoms with van der Waals surface area (Å²) < 4.78 is 1.81. The minimum Gasteiger partial charge on any atom is -0.326 e.